The van der Waals surface area contributed by atoms with Crippen LogP contribution in [0.1, 0.15) is 18.1 Å². The van der Waals surface area contributed by atoms with E-state index in [1.165, 1.54) is 26.0 Å². The fourth-order valence-corrected chi connectivity index (χ4v) is 5.85. The van der Waals surface area contributed by atoms with Crippen LogP contribution in [0.15, 0.2) is 67.3 Å². The molecule has 0 radical (unpaired) electrons. The minimum absolute atomic E-state index is 0.0203. The van der Waals surface area contributed by atoms with Crippen molar-refractivity contribution in [3.63, 3.8) is 0 Å². The Morgan fingerprint density at radius 1 is 0.809 bits per heavy atom. The van der Waals surface area contributed by atoms with Crippen molar-refractivity contribution in [2.75, 3.05) is 10.6 Å². The lowest BCUT2D eigenvalue weighted by Gasteiger charge is -2.14. The molecule has 4 aromatic rings. The molecule has 23 heteroatoms. The summed E-state index contributed by atoms with van der Waals surface area (Å²) < 4.78 is 98.7. The number of rotatable bonds is 11. The van der Waals surface area contributed by atoms with Gasteiger partial charge in [0.05, 0.1) is 4.90 Å². The normalized spacial score (nSPS) is 12.4. The minimum atomic E-state index is -4.92. The van der Waals surface area contributed by atoms with Gasteiger partial charge in [-0.1, -0.05) is 0 Å². The van der Waals surface area contributed by atoms with Crippen molar-refractivity contribution >= 4 is 65.0 Å². The number of anilines is 4. The lowest BCUT2D eigenvalue weighted by atomic mass is 10.1. The second-order valence-corrected chi connectivity index (χ2v) is 13.7. The summed E-state index contributed by atoms with van der Waals surface area (Å²) in [6.07, 6.45) is 0. The summed E-state index contributed by atoms with van der Waals surface area (Å²) in [6, 6.07) is 7.11. The molecule has 0 spiro atoms. The number of azo groups is 1. The third-order valence-electron chi connectivity index (χ3n) is 6.20. The molecule has 0 aliphatic carbocycles. The van der Waals surface area contributed by atoms with E-state index < -0.39 is 75.4 Å². The van der Waals surface area contributed by atoms with Crippen LogP contribution in [0.2, 0.25) is 0 Å². The molecule has 4 rings (SSSR count). The Balaban J connectivity index is 1.72. The van der Waals surface area contributed by atoms with Crippen LogP contribution in [0.5, 0.6) is 11.9 Å². The predicted molar refractivity (Wildman–Crippen MR) is 163 cm³/mol. The van der Waals surface area contributed by atoms with E-state index in [0.717, 1.165) is 34.9 Å². The molecule has 7 N–H and O–H groups in total. The van der Waals surface area contributed by atoms with Crippen LogP contribution >= 0.6 is 0 Å². The molecule has 250 valence electrons. The highest BCUT2D eigenvalue weighted by Gasteiger charge is 2.23. The zero-order chi connectivity index (χ0) is 34.9. The average molecular weight is 713 g/mol. The Bertz CT molecular complexity index is 2290. The van der Waals surface area contributed by atoms with Gasteiger partial charge in [0.25, 0.3) is 35.9 Å². The number of aromatic hydroxyl groups is 2. The van der Waals surface area contributed by atoms with Crippen LogP contribution in [0.4, 0.5) is 34.6 Å². The Morgan fingerprint density at radius 2 is 1.38 bits per heavy atom. The van der Waals surface area contributed by atoms with Gasteiger partial charge >= 0.3 is 6.01 Å². The van der Waals surface area contributed by atoms with E-state index in [4.69, 9.17) is 4.55 Å². The summed E-state index contributed by atoms with van der Waals surface area (Å²) in [6.45, 7) is 2.53. The van der Waals surface area contributed by atoms with Gasteiger partial charge in [-0.25, -0.2) is 0 Å². The van der Waals surface area contributed by atoms with Gasteiger partial charge in [0.1, 0.15) is 22.0 Å². The highest BCUT2D eigenvalue weighted by atomic mass is 32.2. The van der Waals surface area contributed by atoms with E-state index >= 15 is 0 Å². The SMILES string of the molecule is CCn1c(O)c(/N=N\c2cc(Nc3nc(O)nc(Nc4ccc(S(=O)(=O)O)cc4)n3)ccc2S(=O)(=O)O)c(C)c(CS(=O)(=O)O)c1=O. The maximum atomic E-state index is 12.7. The molecule has 2 heterocycles. The lowest BCUT2D eigenvalue weighted by Crippen LogP contribution is -2.26. The monoisotopic (exact) mass is 712 g/mol. The molecular weight excluding hydrogens is 689 g/mol. The van der Waals surface area contributed by atoms with Gasteiger partial charge in [0.15, 0.2) is 0 Å². The smallest absolute Gasteiger partial charge is 0.320 e. The third kappa shape index (κ3) is 8.40. The first-order valence-electron chi connectivity index (χ1n) is 12.8. The average Bonchev–Trinajstić information content (AvgIpc) is 2.94. The summed E-state index contributed by atoms with van der Waals surface area (Å²) in [4.78, 5) is 23.1. The molecular formula is C24H24N8O12S3. The van der Waals surface area contributed by atoms with E-state index in [9.17, 15) is 49.4 Å². The van der Waals surface area contributed by atoms with Gasteiger partial charge in [-0.15, -0.1) is 10.2 Å². The summed E-state index contributed by atoms with van der Waals surface area (Å²) >= 11 is 0. The Labute approximate surface area is 265 Å². The van der Waals surface area contributed by atoms with E-state index in [1.54, 1.807) is 0 Å². The molecule has 0 atom stereocenters. The molecule has 0 aliphatic heterocycles. The standard InChI is InChI=1S/C24H24N8O12S3/c1-3-32-20(33)16(11-45(36,37)38)12(2)19(21(32)34)31-30-17-10-14(6-9-18(17)47(42,43)44)26-23-27-22(28-24(35)29-23)25-13-4-7-15(8-5-13)46(39,40)41/h4-10,34H,3,11H2,1-2H3,(H,36,37,38)(H,39,40,41)(H,42,43,44)(H3,25,26,27,28,29,35)/b31-30-. The molecule has 2 aromatic carbocycles. The molecule has 0 bridgehead atoms. The summed E-state index contributed by atoms with van der Waals surface area (Å²) in [5.41, 5.74) is -2.22. The van der Waals surface area contributed by atoms with Gasteiger partial charge in [-0.3, -0.25) is 23.0 Å². The molecule has 0 aliphatic rings. The second-order valence-electron chi connectivity index (χ2n) is 9.44. The Kier molecular flexibility index (Phi) is 9.60. The van der Waals surface area contributed by atoms with Crippen LogP contribution in [0.25, 0.3) is 0 Å². The first kappa shape index (κ1) is 34.8. The van der Waals surface area contributed by atoms with Crippen molar-refractivity contribution in [2.45, 2.75) is 35.9 Å². The lowest BCUT2D eigenvalue weighted by molar-refractivity contribution is 0.411. The topological polar surface area (TPSA) is 313 Å². The summed E-state index contributed by atoms with van der Waals surface area (Å²) in [7, 11) is -14.0. The second kappa shape index (κ2) is 13.0. The van der Waals surface area contributed by atoms with Crippen LogP contribution in [0.3, 0.4) is 0 Å². The molecule has 47 heavy (non-hydrogen) atoms. The Morgan fingerprint density at radius 3 is 1.91 bits per heavy atom. The zero-order valence-corrected chi connectivity index (χ0v) is 26.4. The van der Waals surface area contributed by atoms with Crippen LogP contribution in [0, 0.1) is 6.92 Å². The van der Waals surface area contributed by atoms with Crippen molar-refractivity contribution in [1.82, 2.24) is 19.5 Å². The number of pyridine rings is 1. The number of aromatic nitrogens is 4. The first-order chi connectivity index (χ1) is 21.8. The molecule has 2 aromatic heterocycles. The fraction of sp³-hybridized carbons (Fsp3) is 0.167. The molecule has 0 amide bonds. The van der Waals surface area contributed by atoms with Gasteiger partial charge in [-0.05, 0) is 61.9 Å². The number of hydrogen-bond acceptors (Lipinski definition) is 16. The van der Waals surface area contributed by atoms with E-state index in [1.807, 2.05) is 0 Å². The van der Waals surface area contributed by atoms with Crippen molar-refractivity contribution in [1.29, 1.82) is 0 Å². The highest BCUT2D eigenvalue weighted by molar-refractivity contribution is 7.86. The summed E-state index contributed by atoms with van der Waals surface area (Å²) in [5.74, 6) is -2.38. The number of nitrogens with one attached hydrogen (secondary N) is 2. The van der Waals surface area contributed by atoms with Crippen molar-refractivity contribution in [3.8, 4) is 11.9 Å². The first-order valence-corrected chi connectivity index (χ1v) is 17.3. The van der Waals surface area contributed by atoms with Gasteiger partial charge < -0.3 is 20.8 Å². The molecule has 20 nitrogen and oxygen atoms in total. The third-order valence-corrected chi connectivity index (χ3v) is 8.63. The van der Waals surface area contributed by atoms with Crippen LogP contribution < -0.4 is 16.2 Å². The molecule has 0 saturated carbocycles. The summed E-state index contributed by atoms with van der Waals surface area (Å²) in [5, 5.41) is 33.7. The molecule has 0 fully saturated rings. The fourth-order valence-electron chi connectivity index (χ4n) is 4.06. The van der Waals surface area contributed by atoms with Crippen molar-refractivity contribution < 1.29 is 49.1 Å². The van der Waals surface area contributed by atoms with Gasteiger partial charge in [0.2, 0.25) is 17.8 Å². The zero-order valence-electron chi connectivity index (χ0n) is 24.0. The number of hydrogen-bond donors (Lipinski definition) is 7. The molecule has 0 saturated heterocycles. The predicted octanol–water partition coefficient (Wildman–Crippen LogP) is 2.56. The van der Waals surface area contributed by atoms with Crippen LogP contribution in [-0.4, -0.2) is 68.6 Å². The quantitative estimate of drug-likeness (QED) is 0.0867. The van der Waals surface area contributed by atoms with E-state index in [0.29, 0.717) is 0 Å². The minimum Gasteiger partial charge on any atom is -0.493 e. The highest BCUT2D eigenvalue weighted by Crippen LogP contribution is 2.35. The van der Waals surface area contributed by atoms with Gasteiger partial charge in [0, 0.05) is 23.5 Å². The van der Waals surface area contributed by atoms with Crippen molar-refractivity contribution in [2.24, 2.45) is 10.2 Å². The van der Waals surface area contributed by atoms with Crippen molar-refractivity contribution in [3.05, 3.63) is 63.9 Å². The number of nitrogens with zero attached hydrogens (tertiary/aromatic N) is 6. The van der Waals surface area contributed by atoms with E-state index in [2.05, 4.69) is 35.8 Å². The van der Waals surface area contributed by atoms with E-state index in [-0.39, 0.29) is 40.3 Å². The van der Waals surface area contributed by atoms with Crippen LogP contribution in [-0.2, 0) is 42.7 Å². The molecule has 0 unspecified atom stereocenters. The number of benzene rings is 2. The van der Waals surface area contributed by atoms with Gasteiger partial charge in [-0.2, -0.15) is 40.2 Å². The maximum absolute atomic E-state index is 12.7. The Hall–Kier alpha value is -5.07. The largest absolute Gasteiger partial charge is 0.493 e. The maximum Gasteiger partial charge on any atom is 0.320 e.